The molecule has 0 bridgehead atoms. The van der Waals surface area contributed by atoms with Crippen LogP contribution in [0, 0.1) is 0 Å². The summed E-state index contributed by atoms with van der Waals surface area (Å²) in [4.78, 5) is 10.9. The number of ether oxygens (including phenoxy) is 2. The Morgan fingerprint density at radius 2 is 2.31 bits per heavy atom. The first-order chi connectivity index (χ1) is 7.83. The van der Waals surface area contributed by atoms with E-state index in [2.05, 4.69) is 10.6 Å². The fraction of sp³-hybridized carbons (Fsp3) is 0.909. The van der Waals surface area contributed by atoms with Gasteiger partial charge in [-0.05, 0) is 19.4 Å². The van der Waals surface area contributed by atoms with E-state index in [9.17, 15) is 4.79 Å². The maximum absolute atomic E-state index is 10.9. The minimum Gasteiger partial charge on any atom is -0.382 e. The molecule has 1 aliphatic heterocycles. The zero-order chi connectivity index (χ0) is 11.6. The van der Waals surface area contributed by atoms with Gasteiger partial charge in [-0.2, -0.15) is 0 Å². The summed E-state index contributed by atoms with van der Waals surface area (Å²) < 4.78 is 10.2. The quantitative estimate of drug-likeness (QED) is 0.572. The summed E-state index contributed by atoms with van der Waals surface area (Å²) >= 11 is 0. The van der Waals surface area contributed by atoms with Crippen LogP contribution in [0.3, 0.4) is 0 Å². The molecule has 0 saturated carbocycles. The molecular formula is C11H22N2O3. The molecule has 5 heteroatoms. The van der Waals surface area contributed by atoms with Crippen LogP contribution in [0.4, 0.5) is 0 Å². The number of methoxy groups -OCH3 is 1. The topological polar surface area (TPSA) is 59.6 Å². The summed E-state index contributed by atoms with van der Waals surface area (Å²) in [5, 5.41) is 6.26. The molecule has 0 aromatic rings. The molecule has 2 N–H and O–H groups in total. The Morgan fingerprint density at radius 3 is 3.00 bits per heavy atom. The molecule has 1 aliphatic rings. The molecule has 1 saturated heterocycles. The maximum Gasteiger partial charge on any atom is 0.220 e. The average Bonchev–Trinajstić information content (AvgIpc) is 2.30. The number of carbonyl (C=O) groups excluding carboxylic acids is 1. The van der Waals surface area contributed by atoms with Crippen molar-refractivity contribution in [2.24, 2.45) is 0 Å². The van der Waals surface area contributed by atoms with Gasteiger partial charge in [0.25, 0.3) is 0 Å². The van der Waals surface area contributed by atoms with Gasteiger partial charge in [-0.1, -0.05) is 0 Å². The van der Waals surface area contributed by atoms with Crippen LogP contribution in [0.25, 0.3) is 0 Å². The predicted molar refractivity (Wildman–Crippen MR) is 61.3 cm³/mol. The molecule has 0 aromatic heterocycles. The van der Waals surface area contributed by atoms with Crippen molar-refractivity contribution in [1.29, 1.82) is 0 Å². The molecule has 1 heterocycles. The molecule has 1 amide bonds. The van der Waals surface area contributed by atoms with E-state index in [1.807, 2.05) is 0 Å². The summed E-state index contributed by atoms with van der Waals surface area (Å²) in [7, 11) is 1.67. The van der Waals surface area contributed by atoms with Gasteiger partial charge in [0.05, 0.1) is 13.2 Å². The zero-order valence-corrected chi connectivity index (χ0v) is 9.96. The second-order valence-corrected chi connectivity index (χ2v) is 3.95. The SMILES string of the molecule is COCCOCCCNC1CCC(=O)NC1. The van der Waals surface area contributed by atoms with E-state index in [1.165, 1.54) is 0 Å². The van der Waals surface area contributed by atoms with Crippen LogP contribution in [-0.4, -0.2) is 52.0 Å². The normalized spacial score (nSPS) is 20.8. The Kier molecular flexibility index (Phi) is 7.12. The molecule has 16 heavy (non-hydrogen) atoms. The lowest BCUT2D eigenvalue weighted by Gasteiger charge is -2.23. The summed E-state index contributed by atoms with van der Waals surface area (Å²) in [6.45, 7) is 3.77. The Labute approximate surface area is 96.9 Å². The molecule has 1 atom stereocenters. The van der Waals surface area contributed by atoms with Crippen LogP contribution in [0.15, 0.2) is 0 Å². The van der Waals surface area contributed by atoms with Crippen LogP contribution in [0.2, 0.25) is 0 Å². The first-order valence-corrected chi connectivity index (χ1v) is 5.89. The maximum atomic E-state index is 10.9. The van der Waals surface area contributed by atoms with Gasteiger partial charge in [0.15, 0.2) is 0 Å². The second-order valence-electron chi connectivity index (χ2n) is 3.95. The summed E-state index contributed by atoms with van der Waals surface area (Å²) in [5.74, 6) is 0.168. The highest BCUT2D eigenvalue weighted by molar-refractivity contribution is 5.76. The van der Waals surface area contributed by atoms with E-state index in [0.717, 1.165) is 32.5 Å². The van der Waals surface area contributed by atoms with E-state index in [1.54, 1.807) is 7.11 Å². The third-order valence-corrected chi connectivity index (χ3v) is 2.60. The van der Waals surface area contributed by atoms with E-state index in [-0.39, 0.29) is 5.91 Å². The van der Waals surface area contributed by atoms with Crippen molar-refractivity contribution in [2.75, 3.05) is 40.0 Å². The highest BCUT2D eigenvalue weighted by Gasteiger charge is 2.16. The molecule has 1 rings (SSSR count). The molecule has 0 radical (unpaired) electrons. The fourth-order valence-corrected chi connectivity index (χ4v) is 1.63. The van der Waals surface area contributed by atoms with Crippen LogP contribution in [0.5, 0.6) is 0 Å². The Morgan fingerprint density at radius 1 is 1.44 bits per heavy atom. The van der Waals surface area contributed by atoms with E-state index < -0.39 is 0 Å². The standard InChI is InChI=1S/C11H22N2O3/c1-15-7-8-16-6-2-5-12-10-3-4-11(14)13-9-10/h10,12H,2-9H2,1H3,(H,13,14). The lowest BCUT2D eigenvalue weighted by molar-refractivity contribution is -0.122. The van der Waals surface area contributed by atoms with Crippen LogP contribution >= 0.6 is 0 Å². The largest absolute Gasteiger partial charge is 0.382 e. The minimum atomic E-state index is 0.168. The predicted octanol–water partition coefficient (Wildman–Crippen LogP) is -0.0923. The van der Waals surface area contributed by atoms with Crippen molar-refractivity contribution >= 4 is 5.91 Å². The Balaban J connectivity index is 1.85. The van der Waals surface area contributed by atoms with Gasteiger partial charge in [-0.25, -0.2) is 0 Å². The summed E-state index contributed by atoms with van der Waals surface area (Å²) in [6, 6.07) is 0.427. The third-order valence-electron chi connectivity index (χ3n) is 2.60. The number of amides is 1. The van der Waals surface area contributed by atoms with Crippen molar-refractivity contribution in [1.82, 2.24) is 10.6 Å². The molecule has 5 nitrogen and oxygen atoms in total. The number of carbonyl (C=O) groups is 1. The molecular weight excluding hydrogens is 208 g/mol. The molecule has 1 fully saturated rings. The van der Waals surface area contributed by atoms with Gasteiger partial charge in [0, 0.05) is 32.7 Å². The lowest BCUT2D eigenvalue weighted by atomic mass is 10.1. The van der Waals surface area contributed by atoms with E-state index >= 15 is 0 Å². The van der Waals surface area contributed by atoms with Gasteiger partial charge in [-0.15, -0.1) is 0 Å². The molecule has 0 aromatic carbocycles. The average molecular weight is 230 g/mol. The zero-order valence-electron chi connectivity index (χ0n) is 9.96. The lowest BCUT2D eigenvalue weighted by Crippen LogP contribution is -2.46. The number of hydrogen-bond acceptors (Lipinski definition) is 4. The second kappa shape index (κ2) is 8.50. The van der Waals surface area contributed by atoms with Gasteiger partial charge in [0.2, 0.25) is 5.91 Å². The Hall–Kier alpha value is -0.650. The van der Waals surface area contributed by atoms with Crippen LogP contribution < -0.4 is 10.6 Å². The van der Waals surface area contributed by atoms with E-state index in [0.29, 0.717) is 25.7 Å². The minimum absolute atomic E-state index is 0.168. The molecule has 0 spiro atoms. The van der Waals surface area contributed by atoms with Crippen LogP contribution in [-0.2, 0) is 14.3 Å². The number of hydrogen-bond donors (Lipinski definition) is 2. The number of piperidine rings is 1. The van der Waals surface area contributed by atoms with Crippen molar-refractivity contribution in [3.05, 3.63) is 0 Å². The van der Waals surface area contributed by atoms with Crippen molar-refractivity contribution in [3.63, 3.8) is 0 Å². The fourth-order valence-electron chi connectivity index (χ4n) is 1.63. The molecule has 94 valence electrons. The number of nitrogens with one attached hydrogen (secondary N) is 2. The molecule has 1 unspecified atom stereocenters. The first kappa shape index (κ1) is 13.4. The summed E-state index contributed by atoms with van der Waals surface area (Å²) in [5.41, 5.74) is 0. The highest BCUT2D eigenvalue weighted by atomic mass is 16.5. The van der Waals surface area contributed by atoms with Gasteiger partial charge in [-0.3, -0.25) is 4.79 Å². The third kappa shape index (κ3) is 6.05. The van der Waals surface area contributed by atoms with Crippen molar-refractivity contribution in [3.8, 4) is 0 Å². The first-order valence-electron chi connectivity index (χ1n) is 5.89. The smallest absolute Gasteiger partial charge is 0.220 e. The Bertz CT molecular complexity index is 190. The number of rotatable bonds is 8. The molecule has 0 aliphatic carbocycles. The van der Waals surface area contributed by atoms with Crippen molar-refractivity contribution < 1.29 is 14.3 Å². The van der Waals surface area contributed by atoms with E-state index in [4.69, 9.17) is 9.47 Å². The summed E-state index contributed by atoms with van der Waals surface area (Å²) in [6.07, 6.45) is 2.58. The highest BCUT2D eigenvalue weighted by Crippen LogP contribution is 2.02. The van der Waals surface area contributed by atoms with Crippen molar-refractivity contribution in [2.45, 2.75) is 25.3 Å². The monoisotopic (exact) mass is 230 g/mol. The van der Waals surface area contributed by atoms with Gasteiger partial charge < -0.3 is 20.1 Å². The van der Waals surface area contributed by atoms with Crippen LogP contribution in [0.1, 0.15) is 19.3 Å². The van der Waals surface area contributed by atoms with Gasteiger partial charge >= 0.3 is 0 Å². The van der Waals surface area contributed by atoms with Gasteiger partial charge in [0.1, 0.15) is 0 Å².